The van der Waals surface area contributed by atoms with Crippen LogP contribution in [0.25, 0.3) is 0 Å². The third-order valence-electron chi connectivity index (χ3n) is 4.04. The Morgan fingerprint density at radius 2 is 1.56 bits per heavy atom. The molecule has 2 atom stereocenters. The van der Waals surface area contributed by atoms with Crippen molar-refractivity contribution in [2.24, 2.45) is 0 Å². The predicted octanol–water partition coefficient (Wildman–Crippen LogP) is 3.61. The van der Waals surface area contributed by atoms with Crippen molar-refractivity contribution in [3.8, 4) is 5.75 Å². The smallest absolute Gasteiger partial charge is 0.429 e. The van der Waals surface area contributed by atoms with E-state index in [0.717, 1.165) is 0 Å². The van der Waals surface area contributed by atoms with Gasteiger partial charge in [0, 0.05) is 17.5 Å². The van der Waals surface area contributed by atoms with E-state index in [1.54, 1.807) is 0 Å². The molecule has 2 N–H and O–H groups in total. The first kappa shape index (κ1) is 29.2. The lowest BCUT2D eigenvalue weighted by Crippen LogP contribution is -2.67. The number of barbiturate groups is 1. The molecule has 5 amide bonds. The summed E-state index contributed by atoms with van der Waals surface area (Å²) in [5.41, 5.74) is -0.398. The van der Waals surface area contributed by atoms with Crippen LogP contribution in [0.4, 0.5) is 50.0 Å². The molecular weight excluding hydrogens is 572 g/mol. The van der Waals surface area contributed by atoms with E-state index in [1.807, 2.05) is 5.32 Å². The maximum absolute atomic E-state index is 13.7. The average molecular weight is 580 g/mol. The van der Waals surface area contributed by atoms with E-state index in [2.05, 4.69) is 9.47 Å². The van der Waals surface area contributed by atoms with Crippen molar-refractivity contribution >= 4 is 52.8 Å². The molecule has 0 aromatic heterocycles. The number of hydrogen-bond donors (Lipinski definition) is 2. The van der Waals surface area contributed by atoms with E-state index in [4.69, 9.17) is 23.4 Å². The number of urea groups is 1. The lowest BCUT2D eigenvalue weighted by atomic mass is 10.0. The molecule has 1 saturated heterocycles. The Morgan fingerprint density at radius 1 is 1.03 bits per heavy atom. The van der Waals surface area contributed by atoms with E-state index in [1.165, 1.54) is 5.32 Å². The van der Waals surface area contributed by atoms with Crippen LogP contribution in [0.1, 0.15) is 0 Å². The number of alkyl halides is 10. The molecule has 36 heavy (non-hydrogen) atoms. The van der Waals surface area contributed by atoms with E-state index < -0.39 is 71.0 Å². The third kappa shape index (κ3) is 5.39. The number of amides is 5. The molecule has 1 heterocycles. The second kappa shape index (κ2) is 9.81. The molecule has 0 radical (unpaired) electrons. The number of halogens is 11. The van der Waals surface area contributed by atoms with Gasteiger partial charge < -0.3 is 10.1 Å². The van der Waals surface area contributed by atoms with Gasteiger partial charge in [-0.3, -0.25) is 24.4 Å². The van der Waals surface area contributed by atoms with E-state index in [-0.39, 0.29) is 4.42 Å². The highest BCUT2D eigenvalue weighted by atomic mass is 35.5. The van der Waals surface area contributed by atoms with Gasteiger partial charge in [-0.2, -0.15) is 30.8 Å². The number of nitrogens with one attached hydrogen (secondary N) is 2. The van der Waals surface area contributed by atoms with Crippen LogP contribution in [0, 0.1) is 0 Å². The Morgan fingerprint density at radius 3 is 2.06 bits per heavy atom. The third-order valence-corrected chi connectivity index (χ3v) is 4.85. The zero-order valence-corrected chi connectivity index (χ0v) is 18.0. The van der Waals surface area contributed by atoms with Crippen molar-refractivity contribution in [2.75, 3.05) is 5.32 Å². The predicted molar refractivity (Wildman–Crippen MR) is 97.3 cm³/mol. The van der Waals surface area contributed by atoms with Crippen LogP contribution < -0.4 is 15.4 Å². The molecule has 1 fully saturated rings. The first-order valence-electron chi connectivity index (χ1n) is 8.66. The SMILES string of the molecule is O=C1NC(=O)C(Cl)(C(=O)Nc2ccc(OC(F)(F)C(F)OC(F)(F)C(F)(F)C(F)F)cc2)C(=O)N1Cl. The maximum Gasteiger partial charge on any atom is 0.456 e. The van der Waals surface area contributed by atoms with E-state index in [9.17, 15) is 58.7 Å². The number of hydrogen-bond acceptors (Lipinski definition) is 6. The van der Waals surface area contributed by atoms with Gasteiger partial charge in [0.1, 0.15) is 5.75 Å². The molecule has 20 heteroatoms. The number of carbonyl (C=O) groups is 4. The summed E-state index contributed by atoms with van der Waals surface area (Å²) in [6.45, 7) is 0. The summed E-state index contributed by atoms with van der Waals surface area (Å²) >= 11 is 11.0. The van der Waals surface area contributed by atoms with Gasteiger partial charge in [-0.15, -0.1) is 0 Å². The van der Waals surface area contributed by atoms with Gasteiger partial charge >= 0.3 is 37.0 Å². The van der Waals surface area contributed by atoms with Gasteiger partial charge in [0.15, 0.2) is 0 Å². The summed E-state index contributed by atoms with van der Waals surface area (Å²) in [6.07, 6.45) is -21.5. The number of rotatable bonds is 9. The molecule has 2 rings (SSSR count). The Labute approximate surface area is 202 Å². The lowest BCUT2D eigenvalue weighted by Gasteiger charge is -2.30. The molecular formula is C16H8Cl2F9N3O6. The van der Waals surface area contributed by atoms with Crippen molar-refractivity contribution < 1.29 is 68.2 Å². The minimum absolute atomic E-state index is 0.205. The topological polar surface area (TPSA) is 114 Å². The minimum atomic E-state index is -6.36. The summed E-state index contributed by atoms with van der Waals surface area (Å²) in [4.78, 5) is 44.4. The Kier molecular flexibility index (Phi) is 7.97. The number of nitrogens with zero attached hydrogens (tertiary/aromatic N) is 1. The van der Waals surface area contributed by atoms with Crippen LogP contribution in [0.15, 0.2) is 24.3 Å². The Bertz CT molecular complexity index is 1060. The van der Waals surface area contributed by atoms with Crippen molar-refractivity contribution in [1.29, 1.82) is 0 Å². The molecule has 200 valence electrons. The summed E-state index contributed by atoms with van der Waals surface area (Å²) in [7, 11) is 0. The highest BCUT2D eigenvalue weighted by Gasteiger charge is 2.67. The van der Waals surface area contributed by atoms with Crippen molar-refractivity contribution in [3.63, 3.8) is 0 Å². The average Bonchev–Trinajstić information content (AvgIpc) is 2.76. The van der Waals surface area contributed by atoms with E-state index in [0.29, 0.717) is 24.3 Å². The molecule has 2 unspecified atom stereocenters. The van der Waals surface area contributed by atoms with Gasteiger partial charge in [-0.25, -0.2) is 18.0 Å². The molecule has 1 aromatic rings. The van der Waals surface area contributed by atoms with Gasteiger partial charge in [0.25, 0.3) is 22.6 Å². The normalized spacial score (nSPS) is 20.3. The zero-order chi connectivity index (χ0) is 27.9. The molecule has 1 aromatic carbocycles. The molecule has 0 saturated carbocycles. The highest BCUT2D eigenvalue weighted by Crippen LogP contribution is 2.43. The first-order valence-corrected chi connectivity index (χ1v) is 9.37. The fourth-order valence-corrected chi connectivity index (χ4v) is 2.58. The Balaban J connectivity index is 2.11. The van der Waals surface area contributed by atoms with Gasteiger partial charge in [0.05, 0.1) is 0 Å². The maximum atomic E-state index is 13.7. The van der Waals surface area contributed by atoms with Gasteiger partial charge in [0.2, 0.25) is 0 Å². The highest BCUT2D eigenvalue weighted by molar-refractivity contribution is 6.62. The van der Waals surface area contributed by atoms with Crippen molar-refractivity contribution in [2.45, 2.75) is 35.8 Å². The molecule has 1 aliphatic heterocycles. The summed E-state index contributed by atoms with van der Waals surface area (Å²) in [5, 5.41) is 3.38. The van der Waals surface area contributed by atoms with Crippen molar-refractivity contribution in [1.82, 2.24) is 9.74 Å². The van der Waals surface area contributed by atoms with Gasteiger partial charge in [-0.05, 0) is 24.3 Å². The number of ether oxygens (including phenoxy) is 2. The number of benzene rings is 1. The molecule has 0 spiro atoms. The number of anilines is 1. The number of imide groups is 2. The Hall–Kier alpha value is -2.99. The first-order chi connectivity index (χ1) is 16.3. The fourth-order valence-electron chi connectivity index (χ4n) is 2.19. The molecule has 1 aliphatic rings. The van der Waals surface area contributed by atoms with Crippen LogP contribution in [0.2, 0.25) is 0 Å². The second-order valence-electron chi connectivity index (χ2n) is 6.52. The molecule has 0 bridgehead atoms. The summed E-state index contributed by atoms with van der Waals surface area (Å²) in [5.74, 6) is -12.2. The summed E-state index contributed by atoms with van der Waals surface area (Å²) < 4.78 is 122. The zero-order valence-electron chi connectivity index (χ0n) is 16.5. The minimum Gasteiger partial charge on any atom is -0.429 e. The van der Waals surface area contributed by atoms with Crippen LogP contribution in [-0.4, -0.2) is 64.0 Å². The van der Waals surface area contributed by atoms with Crippen LogP contribution in [0.3, 0.4) is 0 Å². The van der Waals surface area contributed by atoms with Crippen molar-refractivity contribution in [3.05, 3.63) is 24.3 Å². The van der Waals surface area contributed by atoms with Gasteiger partial charge in [-0.1, -0.05) is 11.6 Å². The fraction of sp³-hybridized carbons (Fsp3) is 0.375. The monoisotopic (exact) mass is 579 g/mol. The van der Waals surface area contributed by atoms with Crippen LogP contribution in [-0.2, 0) is 19.1 Å². The number of carbonyl (C=O) groups excluding carboxylic acids is 4. The largest absolute Gasteiger partial charge is 0.456 e. The quantitative estimate of drug-likeness (QED) is 0.200. The van der Waals surface area contributed by atoms with Crippen LogP contribution in [0.5, 0.6) is 5.75 Å². The van der Waals surface area contributed by atoms with Crippen LogP contribution >= 0.6 is 23.4 Å². The second-order valence-corrected chi connectivity index (χ2v) is 7.43. The standard InChI is InChI=1S/C16H8Cl2F9N3O6/c17-13(10(32)29-12(34)30(18)11(13)33)9(31)28-5-1-3-6(4-2-5)35-15(24,25)8(21)36-16(26,27)14(22,23)7(19)20/h1-4,7-8H,(H,28,31)(H,29,32,34). The van der Waals surface area contributed by atoms with E-state index >= 15 is 0 Å². The lowest BCUT2D eigenvalue weighted by molar-refractivity contribution is -0.430. The summed E-state index contributed by atoms with van der Waals surface area (Å²) in [6, 6.07) is 1.02. The molecule has 0 aliphatic carbocycles. The molecule has 9 nitrogen and oxygen atoms in total.